The monoisotopic (exact) mass is 472 g/mol. The van der Waals surface area contributed by atoms with Gasteiger partial charge in [0.05, 0.1) is 12.3 Å². The molecule has 1 heterocycles. The van der Waals surface area contributed by atoms with Gasteiger partial charge >= 0.3 is 6.03 Å². The Morgan fingerprint density at radius 3 is 2.42 bits per heavy atom. The van der Waals surface area contributed by atoms with E-state index < -0.39 is 0 Å². The number of anilines is 2. The van der Waals surface area contributed by atoms with Crippen molar-refractivity contribution in [1.82, 2.24) is 10.2 Å². The Labute approximate surface area is 203 Å². The number of halogens is 1. The molecule has 0 radical (unpaired) electrons. The van der Waals surface area contributed by atoms with E-state index in [2.05, 4.69) is 46.4 Å². The van der Waals surface area contributed by atoms with Crippen LogP contribution in [-0.4, -0.2) is 56.8 Å². The molecule has 2 aromatic rings. The van der Waals surface area contributed by atoms with Gasteiger partial charge in [-0.05, 0) is 74.2 Å². The molecule has 6 nitrogen and oxygen atoms in total. The number of rotatable bonds is 10. The predicted octanol–water partition coefficient (Wildman–Crippen LogP) is 5.47. The molecule has 1 aliphatic heterocycles. The van der Waals surface area contributed by atoms with Crippen LogP contribution in [0.4, 0.5) is 16.2 Å². The fraction of sp³-hybridized carbons (Fsp3) is 0.500. The SMILES string of the molecule is CCCCNC(=O)Nc1cc(C)c(C)cc1OCCCN1CCN(c2ccc(Cl)cc2)CC1. The Balaban J connectivity index is 1.44. The average molecular weight is 473 g/mol. The van der Waals surface area contributed by atoms with Crippen LogP contribution in [0.5, 0.6) is 5.75 Å². The summed E-state index contributed by atoms with van der Waals surface area (Å²) in [6, 6.07) is 11.9. The quantitative estimate of drug-likeness (QED) is 0.450. The Kier molecular flexibility index (Phi) is 9.70. The van der Waals surface area contributed by atoms with E-state index in [-0.39, 0.29) is 6.03 Å². The van der Waals surface area contributed by atoms with Crippen LogP contribution in [-0.2, 0) is 0 Å². The lowest BCUT2D eigenvalue weighted by Gasteiger charge is -2.36. The van der Waals surface area contributed by atoms with E-state index in [1.54, 1.807) is 0 Å². The van der Waals surface area contributed by atoms with Crippen molar-refractivity contribution in [3.8, 4) is 5.75 Å². The number of piperazine rings is 1. The number of hydrogen-bond acceptors (Lipinski definition) is 4. The maximum atomic E-state index is 12.2. The van der Waals surface area contributed by atoms with Gasteiger partial charge in [0.1, 0.15) is 5.75 Å². The van der Waals surface area contributed by atoms with E-state index in [1.165, 1.54) is 5.69 Å². The van der Waals surface area contributed by atoms with E-state index in [4.69, 9.17) is 16.3 Å². The first-order chi connectivity index (χ1) is 16.0. The third-order valence-electron chi connectivity index (χ3n) is 6.10. The summed E-state index contributed by atoms with van der Waals surface area (Å²) in [5, 5.41) is 6.63. The van der Waals surface area contributed by atoms with Gasteiger partial charge in [0.25, 0.3) is 0 Å². The van der Waals surface area contributed by atoms with Crippen molar-refractivity contribution >= 4 is 29.0 Å². The van der Waals surface area contributed by atoms with Crippen molar-refractivity contribution in [3.05, 3.63) is 52.5 Å². The van der Waals surface area contributed by atoms with Gasteiger partial charge in [-0.2, -0.15) is 0 Å². The number of aryl methyl sites for hydroxylation is 2. The molecule has 0 aromatic heterocycles. The zero-order valence-electron chi connectivity index (χ0n) is 20.1. The summed E-state index contributed by atoms with van der Waals surface area (Å²) >= 11 is 6.00. The van der Waals surface area contributed by atoms with Crippen molar-refractivity contribution in [3.63, 3.8) is 0 Å². The first-order valence-corrected chi connectivity index (χ1v) is 12.4. The van der Waals surface area contributed by atoms with Crippen LogP contribution >= 0.6 is 11.6 Å². The van der Waals surface area contributed by atoms with Crippen molar-refractivity contribution in [2.24, 2.45) is 0 Å². The minimum Gasteiger partial charge on any atom is -0.491 e. The van der Waals surface area contributed by atoms with Gasteiger partial charge in [-0.25, -0.2) is 4.79 Å². The number of carbonyl (C=O) groups is 1. The second-order valence-corrected chi connectivity index (χ2v) is 9.11. The fourth-order valence-electron chi connectivity index (χ4n) is 3.90. The molecule has 180 valence electrons. The normalized spacial score (nSPS) is 14.2. The van der Waals surface area contributed by atoms with Crippen LogP contribution in [0, 0.1) is 13.8 Å². The summed E-state index contributed by atoms with van der Waals surface area (Å²) in [6.07, 6.45) is 2.96. The van der Waals surface area contributed by atoms with Crippen molar-refractivity contribution in [2.45, 2.75) is 40.0 Å². The zero-order chi connectivity index (χ0) is 23.6. The number of unbranched alkanes of at least 4 members (excludes halogenated alkanes) is 1. The van der Waals surface area contributed by atoms with Gasteiger partial charge in [-0.1, -0.05) is 24.9 Å². The molecular formula is C26H37ClN4O2. The number of ether oxygens (including phenoxy) is 1. The first-order valence-electron chi connectivity index (χ1n) is 12.0. The molecule has 2 N–H and O–H groups in total. The van der Waals surface area contributed by atoms with E-state index >= 15 is 0 Å². The topological polar surface area (TPSA) is 56.8 Å². The molecule has 0 unspecified atom stereocenters. The molecule has 3 rings (SSSR count). The number of amides is 2. The molecule has 0 spiro atoms. The third-order valence-corrected chi connectivity index (χ3v) is 6.35. The standard InChI is InChI=1S/C26H37ClN4O2/c1-4-5-11-28-26(32)29-24-18-20(2)21(3)19-25(24)33-17-6-12-30-13-15-31(16-14-30)23-9-7-22(27)8-10-23/h7-10,18-19H,4-6,11-17H2,1-3H3,(H2,28,29,32). The third kappa shape index (κ3) is 7.83. The van der Waals surface area contributed by atoms with Crippen LogP contribution in [0.1, 0.15) is 37.3 Å². The molecule has 0 atom stereocenters. The highest BCUT2D eigenvalue weighted by Crippen LogP contribution is 2.28. The van der Waals surface area contributed by atoms with E-state index in [9.17, 15) is 4.79 Å². The van der Waals surface area contributed by atoms with Crippen molar-refractivity contribution in [1.29, 1.82) is 0 Å². The number of carbonyl (C=O) groups excluding carboxylic acids is 1. The van der Waals surface area contributed by atoms with Crippen molar-refractivity contribution < 1.29 is 9.53 Å². The van der Waals surface area contributed by atoms with E-state index in [0.717, 1.165) is 79.6 Å². The summed E-state index contributed by atoms with van der Waals surface area (Å²) in [7, 11) is 0. The molecule has 33 heavy (non-hydrogen) atoms. The lowest BCUT2D eigenvalue weighted by atomic mass is 10.1. The maximum Gasteiger partial charge on any atom is 0.319 e. The van der Waals surface area contributed by atoms with Gasteiger partial charge in [-0.15, -0.1) is 0 Å². The second kappa shape index (κ2) is 12.7. The number of nitrogens with one attached hydrogen (secondary N) is 2. The smallest absolute Gasteiger partial charge is 0.319 e. The molecule has 2 amide bonds. The van der Waals surface area contributed by atoms with Crippen LogP contribution in [0.15, 0.2) is 36.4 Å². The van der Waals surface area contributed by atoms with Gasteiger partial charge < -0.3 is 20.3 Å². The minimum absolute atomic E-state index is 0.185. The Morgan fingerprint density at radius 1 is 1.03 bits per heavy atom. The summed E-state index contributed by atoms with van der Waals surface area (Å²) in [5.74, 6) is 0.733. The molecule has 0 bridgehead atoms. The number of benzene rings is 2. The molecule has 0 saturated carbocycles. The average Bonchev–Trinajstić information content (AvgIpc) is 2.81. The molecule has 1 fully saturated rings. The van der Waals surface area contributed by atoms with Crippen LogP contribution in [0.25, 0.3) is 0 Å². The Morgan fingerprint density at radius 2 is 1.73 bits per heavy atom. The summed E-state index contributed by atoms with van der Waals surface area (Å²) in [5.41, 5.74) is 4.24. The first kappa shape index (κ1) is 25.2. The number of hydrogen-bond donors (Lipinski definition) is 2. The molecule has 1 aliphatic rings. The largest absolute Gasteiger partial charge is 0.491 e. The van der Waals surface area contributed by atoms with Gasteiger partial charge in [0.15, 0.2) is 0 Å². The highest BCUT2D eigenvalue weighted by atomic mass is 35.5. The Bertz CT molecular complexity index is 896. The second-order valence-electron chi connectivity index (χ2n) is 8.67. The highest BCUT2D eigenvalue weighted by Gasteiger charge is 2.17. The number of nitrogens with zero attached hydrogens (tertiary/aromatic N) is 2. The predicted molar refractivity (Wildman–Crippen MR) is 138 cm³/mol. The molecule has 7 heteroatoms. The maximum absolute atomic E-state index is 12.2. The molecular weight excluding hydrogens is 436 g/mol. The van der Waals surface area contributed by atoms with Crippen molar-refractivity contribution in [2.75, 3.05) is 56.1 Å². The molecule has 2 aromatic carbocycles. The highest BCUT2D eigenvalue weighted by molar-refractivity contribution is 6.30. The number of urea groups is 1. The van der Waals surface area contributed by atoms with Crippen LogP contribution in [0.3, 0.4) is 0 Å². The van der Waals surface area contributed by atoms with Gasteiger partial charge in [0, 0.05) is 50.0 Å². The zero-order valence-corrected chi connectivity index (χ0v) is 20.9. The summed E-state index contributed by atoms with van der Waals surface area (Å²) < 4.78 is 6.10. The molecule has 0 aliphatic carbocycles. The lowest BCUT2D eigenvalue weighted by Crippen LogP contribution is -2.46. The minimum atomic E-state index is -0.185. The lowest BCUT2D eigenvalue weighted by molar-refractivity contribution is 0.225. The fourth-order valence-corrected chi connectivity index (χ4v) is 4.03. The van der Waals surface area contributed by atoms with Crippen LogP contribution in [0.2, 0.25) is 5.02 Å². The Hall–Kier alpha value is -2.44. The van der Waals surface area contributed by atoms with E-state index in [0.29, 0.717) is 13.2 Å². The van der Waals surface area contributed by atoms with Gasteiger partial charge in [-0.3, -0.25) is 4.90 Å². The summed E-state index contributed by atoms with van der Waals surface area (Å²) in [6.45, 7) is 12.6. The van der Waals surface area contributed by atoms with Crippen LogP contribution < -0.4 is 20.3 Å². The summed E-state index contributed by atoms with van der Waals surface area (Å²) in [4.78, 5) is 17.1. The van der Waals surface area contributed by atoms with E-state index in [1.807, 2.05) is 31.2 Å². The molecule has 1 saturated heterocycles. The van der Waals surface area contributed by atoms with Gasteiger partial charge in [0.2, 0.25) is 0 Å².